The van der Waals surface area contributed by atoms with Gasteiger partial charge in [-0.05, 0) is 69.5 Å². The van der Waals surface area contributed by atoms with E-state index in [2.05, 4.69) is 33.3 Å². The molecule has 2 aromatic rings. The first-order valence-electron chi connectivity index (χ1n) is 14.6. The molecule has 1 saturated heterocycles. The first-order chi connectivity index (χ1) is 20.7. The van der Waals surface area contributed by atoms with Crippen LogP contribution in [0.3, 0.4) is 0 Å². The van der Waals surface area contributed by atoms with Crippen molar-refractivity contribution in [3.63, 3.8) is 0 Å². The van der Waals surface area contributed by atoms with Crippen molar-refractivity contribution in [2.45, 2.75) is 43.4 Å². The van der Waals surface area contributed by atoms with Gasteiger partial charge in [-0.25, -0.2) is 14.0 Å². The van der Waals surface area contributed by atoms with E-state index in [9.17, 15) is 14.0 Å². The largest absolute Gasteiger partial charge is 0.493 e. The summed E-state index contributed by atoms with van der Waals surface area (Å²) in [6, 6.07) is 6.19. The summed E-state index contributed by atoms with van der Waals surface area (Å²) in [5.74, 6) is 0.162. The number of carbonyl (C=O) groups is 2. The lowest BCUT2D eigenvalue weighted by atomic mass is 10.1. The van der Waals surface area contributed by atoms with E-state index in [4.69, 9.17) is 23.7 Å². The molecule has 1 aromatic carbocycles. The van der Waals surface area contributed by atoms with Gasteiger partial charge in [0.1, 0.15) is 6.10 Å². The van der Waals surface area contributed by atoms with Gasteiger partial charge in [-0.2, -0.15) is 0 Å². The molecule has 0 aliphatic carbocycles. The molecule has 43 heavy (non-hydrogen) atoms. The van der Waals surface area contributed by atoms with Crippen molar-refractivity contribution in [3.8, 4) is 17.2 Å². The van der Waals surface area contributed by atoms with Crippen LogP contribution in [0.4, 0.5) is 4.39 Å². The van der Waals surface area contributed by atoms with Gasteiger partial charge in [-0.15, -0.1) is 0 Å². The highest BCUT2D eigenvalue weighted by Gasteiger charge is 2.24. The minimum atomic E-state index is -1.77. The summed E-state index contributed by atoms with van der Waals surface area (Å²) in [6.07, 6.45) is 4.54. The Morgan fingerprint density at radius 3 is 2.35 bits per heavy atom. The number of fused-ring (bicyclic) bond motifs is 5. The molecule has 1 fully saturated rings. The normalized spacial score (nSPS) is 22.5. The van der Waals surface area contributed by atoms with Crippen LogP contribution in [-0.2, 0) is 14.6 Å². The molecule has 4 rings (SSSR count). The third-order valence-electron chi connectivity index (χ3n) is 7.57. The average molecular weight is 638 g/mol. The molecule has 0 spiro atoms. The first-order valence-corrected chi connectivity index (χ1v) is 15.8. The molecule has 10 nitrogen and oxygen atoms in total. The van der Waals surface area contributed by atoms with Crippen molar-refractivity contribution in [3.05, 3.63) is 47.3 Å². The lowest BCUT2D eigenvalue weighted by molar-refractivity contribution is 0.0221. The number of aromatic nitrogens is 1. The number of ether oxygens (including phenoxy) is 5. The van der Waals surface area contributed by atoms with Crippen LogP contribution in [0.25, 0.3) is 0 Å². The highest BCUT2D eigenvalue weighted by atomic mass is 31.1. The zero-order valence-electron chi connectivity index (χ0n) is 24.9. The molecule has 4 bridgehead atoms. The number of hydrogen-bond acceptors (Lipinski definition) is 10. The van der Waals surface area contributed by atoms with Gasteiger partial charge in [0, 0.05) is 32.4 Å². The third-order valence-corrected chi connectivity index (χ3v) is 8.17. The van der Waals surface area contributed by atoms with Crippen molar-refractivity contribution in [2.75, 3.05) is 66.7 Å². The molecular formula is C30H42FN3O7P2. The average Bonchev–Trinajstić information content (AvgIpc) is 3.23. The Morgan fingerprint density at radius 2 is 1.67 bits per heavy atom. The number of cyclic esters (lactones) is 1. The topological polar surface area (TPSA) is 99.7 Å². The highest BCUT2D eigenvalue weighted by Crippen LogP contribution is 2.39. The molecule has 5 unspecified atom stereocenters. The van der Waals surface area contributed by atoms with Crippen molar-refractivity contribution in [2.24, 2.45) is 0 Å². The number of carbonyl (C=O) groups excluding carboxylic acids is 2. The zero-order chi connectivity index (χ0) is 30.8. The highest BCUT2D eigenvalue weighted by molar-refractivity contribution is 7.38. The van der Waals surface area contributed by atoms with Crippen LogP contribution in [0.15, 0.2) is 30.5 Å². The molecular weight excluding hydrogens is 595 g/mol. The van der Waals surface area contributed by atoms with Crippen LogP contribution in [-0.4, -0.2) is 99.5 Å². The first kappa shape index (κ1) is 33.3. The predicted molar refractivity (Wildman–Crippen MR) is 167 cm³/mol. The predicted octanol–water partition coefficient (Wildman–Crippen LogP) is 4.27. The number of pyridine rings is 1. The van der Waals surface area contributed by atoms with Crippen molar-refractivity contribution >= 4 is 30.4 Å². The van der Waals surface area contributed by atoms with Gasteiger partial charge >= 0.3 is 11.9 Å². The fourth-order valence-corrected chi connectivity index (χ4v) is 5.55. The molecule has 236 valence electrons. The summed E-state index contributed by atoms with van der Waals surface area (Å²) in [4.78, 5) is 34.8. The molecule has 0 amide bonds. The minimum absolute atomic E-state index is 0.183. The lowest BCUT2D eigenvalue weighted by Crippen LogP contribution is -2.34. The number of methoxy groups -OCH3 is 2. The van der Waals surface area contributed by atoms with E-state index >= 15 is 0 Å². The second-order valence-electron chi connectivity index (χ2n) is 10.7. The Bertz CT molecular complexity index is 1230. The molecule has 2 aliphatic heterocycles. The van der Waals surface area contributed by atoms with Gasteiger partial charge in [0.05, 0.1) is 44.3 Å². The van der Waals surface area contributed by atoms with Crippen molar-refractivity contribution in [1.29, 1.82) is 0 Å². The standard InChI is InChI=1S/C30H42FN3O7P2/c1-37-24-18-22-19-25(27(24)38-2)39-16-3-6-23(41-29(36)21-7-8-26(32-20-21)30(31,42)43)9-13-34-11-4-10-33(14-15-34)12-5-17-40-28(22)35/h7-8,18-20,23H,3-6,9-17,42-43H2,1-2H3. The van der Waals surface area contributed by atoms with Crippen LogP contribution in [0.2, 0.25) is 0 Å². The Hall–Kier alpha value is -2.58. The van der Waals surface area contributed by atoms with Crippen molar-refractivity contribution in [1.82, 2.24) is 14.8 Å². The summed E-state index contributed by atoms with van der Waals surface area (Å²) < 4.78 is 42.7. The maximum absolute atomic E-state index is 14.2. The van der Waals surface area contributed by atoms with E-state index in [-0.39, 0.29) is 17.4 Å². The number of alkyl halides is 1. The van der Waals surface area contributed by atoms with Crippen LogP contribution in [0.1, 0.15) is 58.5 Å². The van der Waals surface area contributed by atoms with Gasteiger partial charge < -0.3 is 33.5 Å². The maximum atomic E-state index is 14.2. The van der Waals surface area contributed by atoms with Gasteiger partial charge in [-0.3, -0.25) is 4.98 Å². The molecule has 5 atom stereocenters. The van der Waals surface area contributed by atoms with E-state index in [1.807, 2.05) is 0 Å². The molecule has 13 heteroatoms. The molecule has 0 radical (unpaired) electrons. The molecule has 1 aromatic heterocycles. The quantitative estimate of drug-likeness (QED) is 0.349. The minimum Gasteiger partial charge on any atom is -0.493 e. The Labute approximate surface area is 257 Å². The number of halogens is 1. The fraction of sp³-hybridized carbons (Fsp3) is 0.567. The van der Waals surface area contributed by atoms with Gasteiger partial charge in [0.15, 0.2) is 16.6 Å². The van der Waals surface area contributed by atoms with Gasteiger partial charge in [0.25, 0.3) is 0 Å². The van der Waals surface area contributed by atoms with E-state index < -0.39 is 17.1 Å². The van der Waals surface area contributed by atoms with Gasteiger partial charge in [0.2, 0.25) is 5.75 Å². The Morgan fingerprint density at radius 1 is 0.953 bits per heavy atom. The van der Waals surface area contributed by atoms with E-state index in [0.717, 1.165) is 52.1 Å². The second kappa shape index (κ2) is 15.9. The summed E-state index contributed by atoms with van der Waals surface area (Å²) in [5.41, 5.74) is 0.763. The summed E-state index contributed by atoms with van der Waals surface area (Å²) in [5, 5.41) is -1.77. The van der Waals surface area contributed by atoms with Crippen LogP contribution in [0.5, 0.6) is 17.2 Å². The van der Waals surface area contributed by atoms with Crippen molar-refractivity contribution < 1.29 is 37.7 Å². The van der Waals surface area contributed by atoms with Crippen LogP contribution >= 0.6 is 18.5 Å². The van der Waals surface area contributed by atoms with Crippen LogP contribution in [0, 0.1) is 0 Å². The Balaban J connectivity index is 1.50. The summed E-state index contributed by atoms with van der Waals surface area (Å²) in [7, 11) is 7.13. The summed E-state index contributed by atoms with van der Waals surface area (Å²) in [6.45, 7) is 6.02. The van der Waals surface area contributed by atoms with E-state index in [1.165, 1.54) is 32.5 Å². The summed E-state index contributed by atoms with van der Waals surface area (Å²) >= 11 is 0. The zero-order valence-corrected chi connectivity index (χ0v) is 27.2. The Kier molecular flexibility index (Phi) is 12.3. The SMILES string of the molecule is COc1cc2cc(c1OC)OCCCC(OC(=O)c1ccc(C(F)(P)P)nc1)CCN1CCCN(CCCOC2=O)CC1. The smallest absolute Gasteiger partial charge is 0.339 e. The monoisotopic (exact) mass is 637 g/mol. The third kappa shape index (κ3) is 9.70. The molecule has 0 N–H and O–H groups in total. The number of nitrogens with zero attached hydrogens (tertiary/aromatic N) is 3. The number of hydrogen-bond donors (Lipinski definition) is 0. The van der Waals surface area contributed by atoms with E-state index in [1.54, 1.807) is 12.1 Å². The molecule has 2 aliphatic rings. The molecule has 3 heterocycles. The lowest BCUT2D eigenvalue weighted by Gasteiger charge is -2.24. The van der Waals surface area contributed by atoms with E-state index in [0.29, 0.717) is 55.3 Å². The number of esters is 2. The van der Waals surface area contributed by atoms with Crippen LogP contribution < -0.4 is 14.2 Å². The van der Waals surface area contributed by atoms with Gasteiger partial charge in [-0.1, -0.05) is 18.5 Å². The fourth-order valence-electron chi connectivity index (χ4n) is 5.21. The number of benzene rings is 1. The maximum Gasteiger partial charge on any atom is 0.339 e. The number of rotatable bonds is 5. The second-order valence-corrected chi connectivity index (χ2v) is 13.1. The molecule has 0 saturated carbocycles.